The van der Waals surface area contributed by atoms with Crippen LogP contribution in [-0.4, -0.2) is 43.5 Å². The summed E-state index contributed by atoms with van der Waals surface area (Å²) in [6.45, 7) is 2.79. The highest BCUT2D eigenvalue weighted by Gasteiger charge is 2.19. The first-order valence-electron chi connectivity index (χ1n) is 8.23. The molecule has 0 saturated carbocycles. The fourth-order valence-electron chi connectivity index (χ4n) is 2.47. The standard InChI is InChI=1S/C17H20N6O3S/c1-13(24)21-14-5-7-16(8-6-14)27(25,26)22-17-19-11-23(12-20-17)10-15-4-2-3-9-18-15/h2-9H,10-12H2,1H3,(H,21,24)(H2,19,20,22). The Bertz CT molecular complexity index is 929. The first kappa shape index (κ1) is 18.8. The van der Waals surface area contributed by atoms with Crippen LogP contribution in [0.2, 0.25) is 0 Å². The average molecular weight is 388 g/mol. The SMILES string of the molecule is CC(=O)Nc1ccc(S(=O)(=O)NC2=NCN(Cc3ccccn3)CN2)cc1. The smallest absolute Gasteiger partial charge is 0.264 e. The summed E-state index contributed by atoms with van der Waals surface area (Å²) in [4.78, 5) is 21.6. The first-order chi connectivity index (χ1) is 12.9. The number of benzene rings is 1. The predicted molar refractivity (Wildman–Crippen MR) is 101 cm³/mol. The summed E-state index contributed by atoms with van der Waals surface area (Å²) in [6.07, 6.45) is 1.73. The molecule has 1 aromatic heterocycles. The fourth-order valence-corrected chi connectivity index (χ4v) is 3.47. The molecule has 0 fully saturated rings. The van der Waals surface area contributed by atoms with Gasteiger partial charge in [-0.05, 0) is 36.4 Å². The van der Waals surface area contributed by atoms with Crippen molar-refractivity contribution in [2.24, 2.45) is 4.99 Å². The lowest BCUT2D eigenvalue weighted by Crippen LogP contribution is -2.49. The number of hydrogen-bond donors (Lipinski definition) is 3. The van der Waals surface area contributed by atoms with Gasteiger partial charge in [0.25, 0.3) is 10.0 Å². The molecule has 10 heteroatoms. The van der Waals surface area contributed by atoms with Gasteiger partial charge >= 0.3 is 0 Å². The summed E-state index contributed by atoms with van der Waals surface area (Å²) in [5.41, 5.74) is 1.44. The van der Waals surface area contributed by atoms with Crippen molar-refractivity contribution < 1.29 is 13.2 Å². The van der Waals surface area contributed by atoms with Crippen LogP contribution in [0.4, 0.5) is 5.69 Å². The number of hydrogen-bond acceptors (Lipinski definition) is 7. The largest absolute Gasteiger partial charge is 0.343 e. The topological polar surface area (TPSA) is 116 Å². The fraction of sp³-hybridized carbons (Fsp3) is 0.235. The Balaban J connectivity index is 1.60. The molecule has 0 bridgehead atoms. The van der Waals surface area contributed by atoms with E-state index in [1.807, 2.05) is 23.1 Å². The van der Waals surface area contributed by atoms with Crippen LogP contribution >= 0.6 is 0 Å². The molecule has 0 radical (unpaired) electrons. The Labute approximate surface area is 157 Å². The van der Waals surface area contributed by atoms with E-state index in [1.54, 1.807) is 6.20 Å². The summed E-state index contributed by atoms with van der Waals surface area (Å²) in [6, 6.07) is 11.6. The molecule has 0 saturated heterocycles. The molecule has 1 aliphatic rings. The molecule has 0 aliphatic carbocycles. The normalized spacial score (nSPS) is 14.8. The van der Waals surface area contributed by atoms with Gasteiger partial charge in [0.2, 0.25) is 11.9 Å². The second kappa shape index (κ2) is 8.14. The third-order valence-corrected chi connectivity index (χ3v) is 5.08. The van der Waals surface area contributed by atoms with Crippen LogP contribution in [0.1, 0.15) is 12.6 Å². The number of nitrogens with one attached hydrogen (secondary N) is 3. The number of sulfonamides is 1. The highest BCUT2D eigenvalue weighted by Crippen LogP contribution is 2.14. The third-order valence-electron chi connectivity index (χ3n) is 3.73. The Morgan fingerprint density at radius 3 is 2.59 bits per heavy atom. The number of pyridine rings is 1. The van der Waals surface area contributed by atoms with Crippen LogP contribution in [0.25, 0.3) is 0 Å². The van der Waals surface area contributed by atoms with Crippen LogP contribution in [0.5, 0.6) is 0 Å². The van der Waals surface area contributed by atoms with Crippen molar-refractivity contribution in [3.8, 4) is 0 Å². The van der Waals surface area contributed by atoms with E-state index in [1.165, 1.54) is 31.2 Å². The molecule has 2 aromatic rings. The lowest BCUT2D eigenvalue weighted by atomic mass is 10.3. The number of rotatable bonds is 5. The quantitative estimate of drug-likeness (QED) is 0.694. The van der Waals surface area contributed by atoms with E-state index in [2.05, 4.69) is 25.3 Å². The maximum absolute atomic E-state index is 12.5. The lowest BCUT2D eigenvalue weighted by Gasteiger charge is -2.26. The summed E-state index contributed by atoms with van der Waals surface area (Å²) in [5, 5.41) is 5.54. The Morgan fingerprint density at radius 1 is 1.22 bits per heavy atom. The molecule has 142 valence electrons. The van der Waals surface area contributed by atoms with Crippen molar-refractivity contribution in [1.29, 1.82) is 0 Å². The number of nitrogens with zero attached hydrogens (tertiary/aromatic N) is 3. The maximum atomic E-state index is 12.5. The maximum Gasteiger partial charge on any atom is 0.264 e. The van der Waals surface area contributed by atoms with E-state index in [-0.39, 0.29) is 16.8 Å². The van der Waals surface area contributed by atoms with E-state index in [9.17, 15) is 13.2 Å². The number of aliphatic imine (C=N–C) groups is 1. The monoisotopic (exact) mass is 388 g/mol. The molecule has 0 atom stereocenters. The van der Waals surface area contributed by atoms with Gasteiger partial charge in [0.1, 0.15) is 0 Å². The minimum atomic E-state index is -3.77. The van der Waals surface area contributed by atoms with Gasteiger partial charge in [-0.3, -0.25) is 14.7 Å². The second-order valence-corrected chi connectivity index (χ2v) is 7.63. The van der Waals surface area contributed by atoms with E-state index in [0.29, 0.717) is 25.6 Å². The van der Waals surface area contributed by atoms with Gasteiger partial charge in [0, 0.05) is 25.4 Å². The zero-order valence-electron chi connectivity index (χ0n) is 14.7. The Kier molecular flexibility index (Phi) is 5.67. The zero-order chi connectivity index (χ0) is 19.3. The molecule has 9 nitrogen and oxygen atoms in total. The Morgan fingerprint density at radius 2 is 2.00 bits per heavy atom. The van der Waals surface area contributed by atoms with Crippen molar-refractivity contribution in [2.45, 2.75) is 18.4 Å². The van der Waals surface area contributed by atoms with E-state index in [4.69, 9.17) is 0 Å². The van der Waals surface area contributed by atoms with Gasteiger partial charge < -0.3 is 10.6 Å². The van der Waals surface area contributed by atoms with E-state index in [0.717, 1.165) is 5.69 Å². The van der Waals surface area contributed by atoms with Gasteiger partial charge in [0.05, 0.1) is 23.9 Å². The van der Waals surface area contributed by atoms with Crippen LogP contribution in [-0.2, 0) is 21.4 Å². The molecular weight excluding hydrogens is 368 g/mol. The second-order valence-electron chi connectivity index (χ2n) is 5.94. The van der Waals surface area contributed by atoms with E-state index < -0.39 is 10.0 Å². The van der Waals surface area contributed by atoms with E-state index >= 15 is 0 Å². The number of guanidine groups is 1. The summed E-state index contributed by atoms with van der Waals surface area (Å²) in [5.74, 6) is -0.0297. The number of amides is 1. The van der Waals surface area contributed by atoms with Crippen LogP contribution in [0.3, 0.4) is 0 Å². The van der Waals surface area contributed by atoms with Crippen molar-refractivity contribution in [3.63, 3.8) is 0 Å². The van der Waals surface area contributed by atoms with Gasteiger partial charge in [-0.1, -0.05) is 6.07 Å². The minimum absolute atomic E-state index is 0.0806. The summed E-state index contributed by atoms with van der Waals surface area (Å²) < 4.78 is 27.4. The Hall–Kier alpha value is -2.98. The highest BCUT2D eigenvalue weighted by molar-refractivity contribution is 7.90. The molecule has 0 unspecified atom stereocenters. The molecule has 3 rings (SSSR count). The third kappa shape index (κ3) is 5.25. The zero-order valence-corrected chi connectivity index (χ0v) is 15.5. The first-order valence-corrected chi connectivity index (χ1v) is 9.72. The summed E-state index contributed by atoms with van der Waals surface area (Å²) in [7, 11) is -3.77. The van der Waals surface area contributed by atoms with Crippen molar-refractivity contribution in [1.82, 2.24) is 19.9 Å². The van der Waals surface area contributed by atoms with Gasteiger partial charge in [-0.2, -0.15) is 0 Å². The molecule has 3 N–H and O–H groups in total. The molecular formula is C17H20N6O3S. The highest BCUT2D eigenvalue weighted by atomic mass is 32.2. The van der Waals surface area contributed by atoms with Gasteiger partial charge in [0.15, 0.2) is 0 Å². The van der Waals surface area contributed by atoms with Gasteiger partial charge in [-0.25, -0.2) is 18.1 Å². The molecule has 1 aliphatic heterocycles. The van der Waals surface area contributed by atoms with Gasteiger partial charge in [-0.15, -0.1) is 0 Å². The molecule has 0 spiro atoms. The number of anilines is 1. The van der Waals surface area contributed by atoms with Crippen molar-refractivity contribution in [3.05, 3.63) is 54.4 Å². The summed E-state index contributed by atoms with van der Waals surface area (Å²) >= 11 is 0. The predicted octanol–water partition coefficient (Wildman–Crippen LogP) is 0.695. The van der Waals surface area contributed by atoms with Crippen LogP contribution < -0.4 is 15.4 Å². The lowest BCUT2D eigenvalue weighted by molar-refractivity contribution is -0.114. The minimum Gasteiger partial charge on any atom is -0.343 e. The number of carbonyl (C=O) groups is 1. The van der Waals surface area contributed by atoms with Crippen molar-refractivity contribution >= 4 is 27.6 Å². The number of aromatic nitrogens is 1. The van der Waals surface area contributed by atoms with Crippen LogP contribution in [0, 0.1) is 0 Å². The molecule has 2 heterocycles. The molecule has 1 aromatic carbocycles. The molecule has 27 heavy (non-hydrogen) atoms. The van der Waals surface area contributed by atoms with Crippen LogP contribution in [0.15, 0.2) is 58.5 Å². The molecule has 1 amide bonds. The van der Waals surface area contributed by atoms with Crippen molar-refractivity contribution in [2.75, 3.05) is 18.7 Å². The number of carbonyl (C=O) groups excluding carboxylic acids is 1. The average Bonchev–Trinajstić information content (AvgIpc) is 2.64.